The van der Waals surface area contributed by atoms with Crippen LogP contribution in [0.25, 0.3) is 0 Å². The molecule has 0 bridgehead atoms. The van der Waals surface area contributed by atoms with E-state index in [4.69, 9.17) is 20.8 Å². The summed E-state index contributed by atoms with van der Waals surface area (Å²) in [4.78, 5) is 26.4. The molecule has 8 nitrogen and oxygen atoms in total. The average molecular weight is 413 g/mol. The van der Waals surface area contributed by atoms with Crippen molar-refractivity contribution in [2.75, 3.05) is 23.9 Å². The molecule has 0 radical (unpaired) electrons. The minimum absolute atomic E-state index is 0.0230. The molecular formula is C20H17ClN4O4. The molecule has 4 rings (SSSR count). The summed E-state index contributed by atoms with van der Waals surface area (Å²) in [5, 5.41) is 11.0. The summed E-state index contributed by atoms with van der Waals surface area (Å²) < 4.78 is 10.7. The number of amides is 2. The smallest absolute Gasteiger partial charge is 0.322 e. The number of halogens is 1. The average Bonchev–Trinajstić information content (AvgIpc) is 3.35. The first kappa shape index (κ1) is 18.9. The van der Waals surface area contributed by atoms with Gasteiger partial charge in [0, 0.05) is 29.2 Å². The molecule has 1 aromatic heterocycles. The Bertz CT molecular complexity index is 1050. The third-order valence-electron chi connectivity index (χ3n) is 4.61. The summed E-state index contributed by atoms with van der Waals surface area (Å²) >= 11 is 5.91. The van der Waals surface area contributed by atoms with Crippen molar-refractivity contribution in [2.24, 2.45) is 0 Å². The van der Waals surface area contributed by atoms with E-state index in [1.807, 2.05) is 0 Å². The number of benzene rings is 2. The van der Waals surface area contributed by atoms with E-state index in [0.29, 0.717) is 28.8 Å². The van der Waals surface area contributed by atoms with Gasteiger partial charge in [-0.25, -0.2) is 0 Å². The highest BCUT2D eigenvalue weighted by Crippen LogP contribution is 2.32. The number of rotatable bonds is 5. The summed E-state index contributed by atoms with van der Waals surface area (Å²) in [6.45, 7) is 0.409. The Hall–Kier alpha value is -3.39. The number of nitrogens with zero attached hydrogens (tertiary/aromatic N) is 3. The van der Waals surface area contributed by atoms with Crippen molar-refractivity contribution in [1.82, 2.24) is 10.2 Å². The quantitative estimate of drug-likeness (QED) is 0.688. The second kappa shape index (κ2) is 7.92. The van der Waals surface area contributed by atoms with Crippen LogP contribution in [-0.4, -0.2) is 35.7 Å². The summed E-state index contributed by atoms with van der Waals surface area (Å²) in [6, 6.07) is 13.7. The van der Waals surface area contributed by atoms with Gasteiger partial charge in [-0.05, 0) is 42.5 Å². The molecule has 1 fully saturated rings. The summed E-state index contributed by atoms with van der Waals surface area (Å²) in [5.74, 6) is 0.168. The van der Waals surface area contributed by atoms with Crippen molar-refractivity contribution in [2.45, 2.75) is 12.3 Å². The molecule has 1 N–H and O–H groups in total. The van der Waals surface area contributed by atoms with Crippen LogP contribution in [0, 0.1) is 0 Å². The highest BCUT2D eigenvalue weighted by atomic mass is 35.5. The van der Waals surface area contributed by atoms with E-state index in [0.717, 1.165) is 5.69 Å². The van der Waals surface area contributed by atoms with Crippen molar-refractivity contribution in [3.63, 3.8) is 0 Å². The zero-order valence-electron chi connectivity index (χ0n) is 15.5. The predicted octanol–water partition coefficient (Wildman–Crippen LogP) is 3.50. The number of methoxy groups -OCH3 is 1. The summed E-state index contributed by atoms with van der Waals surface area (Å²) in [7, 11) is 1.53. The predicted molar refractivity (Wildman–Crippen MR) is 106 cm³/mol. The van der Waals surface area contributed by atoms with Crippen molar-refractivity contribution in [3.05, 3.63) is 65.0 Å². The Balaban J connectivity index is 1.44. The first-order chi connectivity index (χ1) is 14.0. The van der Waals surface area contributed by atoms with Gasteiger partial charge in [0.2, 0.25) is 11.8 Å². The monoisotopic (exact) mass is 412 g/mol. The van der Waals surface area contributed by atoms with E-state index < -0.39 is 5.91 Å². The molecule has 148 valence electrons. The zero-order chi connectivity index (χ0) is 20.4. The topological polar surface area (TPSA) is 97.6 Å². The number of hydrogen-bond acceptors (Lipinski definition) is 6. The van der Waals surface area contributed by atoms with Gasteiger partial charge in [0.1, 0.15) is 5.75 Å². The van der Waals surface area contributed by atoms with Gasteiger partial charge in [-0.3, -0.25) is 14.9 Å². The van der Waals surface area contributed by atoms with E-state index in [1.54, 1.807) is 53.4 Å². The van der Waals surface area contributed by atoms with Crippen LogP contribution < -0.4 is 15.0 Å². The van der Waals surface area contributed by atoms with Crippen LogP contribution in [0.5, 0.6) is 5.75 Å². The maximum absolute atomic E-state index is 12.4. The van der Waals surface area contributed by atoms with Crippen LogP contribution in [0.1, 0.15) is 28.6 Å². The fraction of sp³-hybridized carbons (Fsp3) is 0.200. The standard InChI is InChI=1S/C20H17ClN4O4/c1-28-16-4-2-3-12(9-16)18(27)22-20-24-23-19(29-20)13-10-17(26)25(11-13)15-7-5-14(21)6-8-15/h2-9,13H,10-11H2,1H3,(H,22,24,27). The first-order valence-corrected chi connectivity index (χ1v) is 9.26. The maximum Gasteiger partial charge on any atom is 0.322 e. The minimum Gasteiger partial charge on any atom is -0.497 e. The molecule has 29 heavy (non-hydrogen) atoms. The van der Waals surface area contributed by atoms with Gasteiger partial charge in [-0.15, -0.1) is 5.10 Å². The number of carbonyl (C=O) groups is 2. The van der Waals surface area contributed by atoms with Crippen LogP contribution >= 0.6 is 11.6 Å². The van der Waals surface area contributed by atoms with E-state index in [2.05, 4.69) is 15.5 Å². The van der Waals surface area contributed by atoms with Crippen LogP contribution in [-0.2, 0) is 4.79 Å². The number of carbonyl (C=O) groups excluding carboxylic acids is 2. The highest BCUT2D eigenvalue weighted by molar-refractivity contribution is 6.30. The molecule has 1 unspecified atom stereocenters. The van der Waals surface area contributed by atoms with Gasteiger partial charge >= 0.3 is 6.01 Å². The third-order valence-corrected chi connectivity index (χ3v) is 4.86. The Morgan fingerprint density at radius 3 is 2.79 bits per heavy atom. The maximum atomic E-state index is 12.4. The Morgan fingerprint density at radius 2 is 2.03 bits per heavy atom. The van der Waals surface area contributed by atoms with Gasteiger partial charge in [0.05, 0.1) is 13.0 Å². The highest BCUT2D eigenvalue weighted by Gasteiger charge is 2.35. The van der Waals surface area contributed by atoms with Gasteiger partial charge in [0.25, 0.3) is 5.91 Å². The fourth-order valence-corrected chi connectivity index (χ4v) is 3.25. The van der Waals surface area contributed by atoms with Crippen LogP contribution in [0.15, 0.2) is 52.9 Å². The summed E-state index contributed by atoms with van der Waals surface area (Å²) in [6.07, 6.45) is 0.244. The summed E-state index contributed by atoms with van der Waals surface area (Å²) in [5.41, 5.74) is 1.15. The van der Waals surface area contributed by atoms with Crippen molar-refractivity contribution >= 4 is 35.1 Å². The molecule has 1 aliphatic rings. The van der Waals surface area contributed by atoms with Crippen LogP contribution in [0.3, 0.4) is 0 Å². The number of anilines is 2. The number of nitrogens with one attached hydrogen (secondary N) is 1. The van der Waals surface area contributed by atoms with E-state index in [9.17, 15) is 9.59 Å². The van der Waals surface area contributed by atoms with Gasteiger partial charge in [-0.1, -0.05) is 22.8 Å². The molecule has 0 spiro atoms. The Morgan fingerprint density at radius 1 is 1.24 bits per heavy atom. The molecular weight excluding hydrogens is 396 g/mol. The largest absolute Gasteiger partial charge is 0.497 e. The second-order valence-electron chi connectivity index (χ2n) is 6.51. The van der Waals surface area contributed by atoms with Crippen molar-refractivity contribution in [3.8, 4) is 5.75 Å². The van der Waals surface area contributed by atoms with Crippen molar-refractivity contribution in [1.29, 1.82) is 0 Å². The second-order valence-corrected chi connectivity index (χ2v) is 6.95. The fourth-order valence-electron chi connectivity index (χ4n) is 3.13. The minimum atomic E-state index is -0.399. The first-order valence-electron chi connectivity index (χ1n) is 8.88. The SMILES string of the molecule is COc1cccc(C(=O)Nc2nnc(C3CC(=O)N(c4ccc(Cl)cc4)C3)o2)c1. The lowest BCUT2D eigenvalue weighted by atomic mass is 10.1. The Labute approximate surface area is 171 Å². The lowest BCUT2D eigenvalue weighted by Gasteiger charge is -2.16. The molecule has 3 aromatic rings. The Kier molecular flexibility index (Phi) is 5.18. The normalized spacial score (nSPS) is 16.1. The number of hydrogen-bond donors (Lipinski definition) is 1. The molecule has 1 aliphatic heterocycles. The van der Waals surface area contributed by atoms with E-state index >= 15 is 0 Å². The molecule has 9 heteroatoms. The number of aromatic nitrogens is 2. The lowest BCUT2D eigenvalue weighted by molar-refractivity contribution is -0.117. The molecule has 0 aliphatic carbocycles. The molecule has 2 amide bonds. The van der Waals surface area contributed by atoms with Crippen molar-refractivity contribution < 1.29 is 18.7 Å². The van der Waals surface area contributed by atoms with E-state index in [1.165, 1.54) is 7.11 Å². The molecule has 2 heterocycles. The zero-order valence-corrected chi connectivity index (χ0v) is 16.2. The lowest BCUT2D eigenvalue weighted by Crippen LogP contribution is -2.24. The van der Waals surface area contributed by atoms with Crippen LogP contribution in [0.2, 0.25) is 5.02 Å². The van der Waals surface area contributed by atoms with Gasteiger partial charge in [-0.2, -0.15) is 0 Å². The van der Waals surface area contributed by atoms with Gasteiger partial charge < -0.3 is 14.1 Å². The molecule has 1 atom stereocenters. The van der Waals surface area contributed by atoms with Crippen LogP contribution in [0.4, 0.5) is 11.7 Å². The third kappa shape index (κ3) is 4.07. The molecule has 1 saturated heterocycles. The number of ether oxygens (including phenoxy) is 1. The molecule has 0 saturated carbocycles. The molecule has 2 aromatic carbocycles. The van der Waals surface area contributed by atoms with E-state index in [-0.39, 0.29) is 24.3 Å². The van der Waals surface area contributed by atoms with Gasteiger partial charge in [0.15, 0.2) is 0 Å².